The lowest BCUT2D eigenvalue weighted by Crippen LogP contribution is -2.45. The lowest BCUT2D eigenvalue weighted by Gasteiger charge is -2.40. The van der Waals surface area contributed by atoms with Crippen molar-refractivity contribution < 1.29 is 14.3 Å². The van der Waals surface area contributed by atoms with Crippen LogP contribution in [0.3, 0.4) is 0 Å². The van der Waals surface area contributed by atoms with Crippen LogP contribution in [0.25, 0.3) is 0 Å². The molecule has 0 bridgehead atoms. The van der Waals surface area contributed by atoms with Crippen LogP contribution < -0.4 is 0 Å². The van der Waals surface area contributed by atoms with Gasteiger partial charge in [-0.25, -0.2) is 0 Å². The molecule has 3 rings (SSSR count). The number of nitrogens with zero attached hydrogens (tertiary/aromatic N) is 2. The highest BCUT2D eigenvalue weighted by Gasteiger charge is 2.35. The van der Waals surface area contributed by atoms with Gasteiger partial charge in [-0.15, -0.1) is 0 Å². The summed E-state index contributed by atoms with van der Waals surface area (Å²) in [6.45, 7) is 7.63. The van der Waals surface area contributed by atoms with Crippen LogP contribution in [0, 0.1) is 5.92 Å². The molecule has 132 valence electrons. The first-order valence-electron chi connectivity index (χ1n) is 9.32. The fourth-order valence-corrected chi connectivity index (χ4v) is 4.07. The Bertz CT molecular complexity index is 382. The standard InChI is InChI=1S/C18H32N2O3/c1-14(21)22-17-11-18(12-17)23-16-5-9-20(10-6-16)13-15-3-7-19(2)8-4-15/h15-18H,3-13H2,1-2H3. The third-order valence-electron chi connectivity index (χ3n) is 5.66. The Balaban J connectivity index is 1.28. The molecule has 3 fully saturated rings. The number of piperidine rings is 2. The fraction of sp³-hybridized carbons (Fsp3) is 0.944. The number of likely N-dealkylation sites (tertiary alicyclic amines) is 2. The molecule has 0 amide bonds. The van der Waals surface area contributed by atoms with E-state index in [-0.39, 0.29) is 12.1 Å². The van der Waals surface area contributed by atoms with E-state index in [0.29, 0.717) is 12.2 Å². The van der Waals surface area contributed by atoms with E-state index >= 15 is 0 Å². The number of hydrogen-bond donors (Lipinski definition) is 0. The van der Waals surface area contributed by atoms with E-state index in [2.05, 4.69) is 16.8 Å². The van der Waals surface area contributed by atoms with Gasteiger partial charge in [0.15, 0.2) is 0 Å². The van der Waals surface area contributed by atoms with Crippen LogP contribution in [-0.4, -0.2) is 73.9 Å². The quantitative estimate of drug-likeness (QED) is 0.723. The Kier molecular flexibility index (Phi) is 5.94. The zero-order valence-corrected chi connectivity index (χ0v) is 14.7. The molecule has 1 aliphatic carbocycles. The molecule has 0 aromatic heterocycles. The average molecular weight is 324 g/mol. The zero-order valence-electron chi connectivity index (χ0n) is 14.7. The van der Waals surface area contributed by atoms with E-state index in [1.807, 2.05) is 0 Å². The first kappa shape index (κ1) is 17.2. The lowest BCUT2D eigenvalue weighted by molar-refractivity contribution is -0.166. The summed E-state index contributed by atoms with van der Waals surface area (Å²) in [6.07, 6.45) is 7.60. The Hall–Kier alpha value is -0.650. The topological polar surface area (TPSA) is 42.0 Å². The number of ether oxygens (including phenoxy) is 2. The highest BCUT2D eigenvalue weighted by Crippen LogP contribution is 2.30. The van der Waals surface area contributed by atoms with E-state index in [4.69, 9.17) is 9.47 Å². The van der Waals surface area contributed by atoms with E-state index in [9.17, 15) is 4.79 Å². The highest BCUT2D eigenvalue weighted by molar-refractivity contribution is 5.66. The minimum atomic E-state index is -0.171. The molecule has 2 heterocycles. The number of hydrogen-bond acceptors (Lipinski definition) is 5. The van der Waals surface area contributed by atoms with Crippen molar-refractivity contribution in [3.05, 3.63) is 0 Å². The molecule has 1 saturated carbocycles. The molecule has 3 aliphatic rings. The van der Waals surface area contributed by atoms with Crippen molar-refractivity contribution in [2.24, 2.45) is 5.92 Å². The normalized spacial score (nSPS) is 31.7. The summed E-state index contributed by atoms with van der Waals surface area (Å²) in [5.41, 5.74) is 0. The second-order valence-corrected chi connectivity index (χ2v) is 7.71. The number of carbonyl (C=O) groups excluding carboxylic acids is 1. The first-order chi connectivity index (χ1) is 11.1. The van der Waals surface area contributed by atoms with E-state index in [1.165, 1.54) is 52.5 Å². The monoisotopic (exact) mass is 324 g/mol. The molecule has 0 aromatic carbocycles. The van der Waals surface area contributed by atoms with Gasteiger partial charge in [0.05, 0.1) is 12.2 Å². The van der Waals surface area contributed by atoms with Gasteiger partial charge < -0.3 is 19.3 Å². The molecule has 5 nitrogen and oxygen atoms in total. The summed E-state index contributed by atoms with van der Waals surface area (Å²) in [4.78, 5) is 16.0. The molecule has 0 radical (unpaired) electrons. The Morgan fingerprint density at radius 1 is 0.957 bits per heavy atom. The summed E-state index contributed by atoms with van der Waals surface area (Å²) < 4.78 is 11.4. The van der Waals surface area contributed by atoms with Crippen molar-refractivity contribution in [3.63, 3.8) is 0 Å². The fourth-order valence-electron chi connectivity index (χ4n) is 4.07. The van der Waals surface area contributed by atoms with Crippen molar-refractivity contribution >= 4 is 5.97 Å². The second-order valence-electron chi connectivity index (χ2n) is 7.71. The smallest absolute Gasteiger partial charge is 0.302 e. The van der Waals surface area contributed by atoms with Crippen LogP contribution in [0.1, 0.15) is 45.4 Å². The van der Waals surface area contributed by atoms with Crippen molar-refractivity contribution in [2.75, 3.05) is 39.8 Å². The minimum absolute atomic E-state index is 0.0991. The van der Waals surface area contributed by atoms with Crippen LogP contribution in [0.4, 0.5) is 0 Å². The van der Waals surface area contributed by atoms with Gasteiger partial charge in [-0.2, -0.15) is 0 Å². The molecular weight excluding hydrogens is 292 g/mol. The highest BCUT2D eigenvalue weighted by atomic mass is 16.6. The van der Waals surface area contributed by atoms with E-state index in [0.717, 1.165) is 31.6 Å². The van der Waals surface area contributed by atoms with Crippen LogP contribution in [0.5, 0.6) is 0 Å². The summed E-state index contributed by atoms with van der Waals surface area (Å²) in [5, 5.41) is 0. The van der Waals surface area contributed by atoms with E-state index < -0.39 is 0 Å². The maximum absolute atomic E-state index is 10.9. The molecule has 5 heteroatoms. The van der Waals surface area contributed by atoms with Gasteiger partial charge in [0.25, 0.3) is 0 Å². The van der Waals surface area contributed by atoms with Crippen LogP contribution in [0.2, 0.25) is 0 Å². The molecule has 0 atom stereocenters. The van der Waals surface area contributed by atoms with Gasteiger partial charge in [0, 0.05) is 39.4 Å². The number of carbonyl (C=O) groups is 1. The predicted octanol–water partition coefficient (Wildman–Crippen LogP) is 1.90. The van der Waals surface area contributed by atoms with Crippen molar-refractivity contribution in [1.82, 2.24) is 9.80 Å². The molecule has 0 unspecified atom stereocenters. The van der Waals surface area contributed by atoms with Gasteiger partial charge in [0.2, 0.25) is 0 Å². The third-order valence-corrected chi connectivity index (χ3v) is 5.66. The van der Waals surface area contributed by atoms with Gasteiger partial charge in [-0.3, -0.25) is 4.79 Å². The van der Waals surface area contributed by atoms with Gasteiger partial charge >= 0.3 is 5.97 Å². The summed E-state index contributed by atoms with van der Waals surface area (Å²) in [6, 6.07) is 0. The Morgan fingerprint density at radius 3 is 2.22 bits per heavy atom. The summed E-state index contributed by atoms with van der Waals surface area (Å²) in [7, 11) is 2.23. The van der Waals surface area contributed by atoms with Crippen LogP contribution in [0.15, 0.2) is 0 Å². The average Bonchev–Trinajstić information content (AvgIpc) is 2.49. The Morgan fingerprint density at radius 2 is 1.61 bits per heavy atom. The number of rotatable bonds is 5. The van der Waals surface area contributed by atoms with Gasteiger partial charge in [0.1, 0.15) is 6.10 Å². The van der Waals surface area contributed by atoms with Gasteiger partial charge in [-0.05, 0) is 51.7 Å². The van der Waals surface area contributed by atoms with Crippen LogP contribution in [-0.2, 0) is 14.3 Å². The summed E-state index contributed by atoms with van der Waals surface area (Å²) >= 11 is 0. The molecule has 0 spiro atoms. The maximum Gasteiger partial charge on any atom is 0.302 e. The minimum Gasteiger partial charge on any atom is -0.462 e. The van der Waals surface area contributed by atoms with Gasteiger partial charge in [-0.1, -0.05) is 0 Å². The van der Waals surface area contributed by atoms with Crippen molar-refractivity contribution in [3.8, 4) is 0 Å². The van der Waals surface area contributed by atoms with Crippen molar-refractivity contribution in [1.29, 1.82) is 0 Å². The molecular formula is C18H32N2O3. The Labute approximate surface area is 140 Å². The zero-order chi connectivity index (χ0) is 16.2. The molecule has 2 saturated heterocycles. The molecule has 0 N–H and O–H groups in total. The van der Waals surface area contributed by atoms with Crippen molar-refractivity contribution in [2.45, 2.75) is 63.8 Å². The lowest BCUT2D eigenvalue weighted by atomic mass is 9.91. The number of esters is 1. The van der Waals surface area contributed by atoms with Crippen LogP contribution >= 0.6 is 0 Å². The predicted molar refractivity (Wildman–Crippen MR) is 89.3 cm³/mol. The molecule has 2 aliphatic heterocycles. The van der Waals surface area contributed by atoms with E-state index in [1.54, 1.807) is 0 Å². The SMILES string of the molecule is CC(=O)OC1CC(OC2CCN(CC3CCN(C)CC3)CC2)C1. The molecule has 0 aromatic rings. The second kappa shape index (κ2) is 7.95. The molecule has 23 heavy (non-hydrogen) atoms. The first-order valence-corrected chi connectivity index (χ1v) is 9.32. The maximum atomic E-state index is 10.9. The largest absolute Gasteiger partial charge is 0.462 e. The summed E-state index contributed by atoms with van der Waals surface area (Å²) in [5.74, 6) is 0.718. The third kappa shape index (κ3) is 5.16.